The summed E-state index contributed by atoms with van der Waals surface area (Å²) in [6.07, 6.45) is -3.13. The average molecular weight is 451 g/mol. The molecule has 0 atom stereocenters. The molecular formula is C20H14BrF3N2O2. The Bertz CT molecular complexity index is 1100. The molecule has 2 heterocycles. The first-order valence-electron chi connectivity index (χ1n) is 8.54. The van der Waals surface area contributed by atoms with Crippen LogP contribution in [0.1, 0.15) is 15.9 Å². The molecule has 144 valence electrons. The molecule has 0 bridgehead atoms. The number of alkyl halides is 3. The number of fused-ring (bicyclic) bond motifs is 2. The first kappa shape index (κ1) is 18.7. The molecule has 1 aliphatic rings. The van der Waals surface area contributed by atoms with Crippen LogP contribution in [0.15, 0.2) is 53.1 Å². The summed E-state index contributed by atoms with van der Waals surface area (Å²) in [5, 5.41) is 0.159. The summed E-state index contributed by atoms with van der Waals surface area (Å²) in [6.45, 7) is 0.370. The normalized spacial score (nSPS) is 13.8. The number of ketones is 1. The van der Waals surface area contributed by atoms with Crippen LogP contribution in [0.4, 0.5) is 18.9 Å². The average Bonchev–Trinajstić information content (AvgIpc) is 3.22. The van der Waals surface area contributed by atoms with Gasteiger partial charge in [0, 0.05) is 33.8 Å². The van der Waals surface area contributed by atoms with Crippen molar-refractivity contribution in [3.05, 3.63) is 64.3 Å². The maximum atomic E-state index is 13.0. The number of benzene rings is 2. The summed E-state index contributed by atoms with van der Waals surface area (Å²) in [5.41, 5.74) is 1.82. The van der Waals surface area contributed by atoms with E-state index in [9.17, 15) is 22.8 Å². The van der Waals surface area contributed by atoms with Crippen LogP contribution >= 0.6 is 15.9 Å². The van der Waals surface area contributed by atoms with Crippen molar-refractivity contribution in [1.29, 1.82) is 0 Å². The van der Waals surface area contributed by atoms with E-state index in [0.29, 0.717) is 16.5 Å². The van der Waals surface area contributed by atoms with E-state index in [1.165, 1.54) is 10.6 Å². The number of hydrogen-bond donors (Lipinski definition) is 0. The molecule has 1 amide bonds. The molecule has 0 aliphatic carbocycles. The van der Waals surface area contributed by atoms with Gasteiger partial charge in [-0.2, -0.15) is 13.2 Å². The summed E-state index contributed by atoms with van der Waals surface area (Å²) in [4.78, 5) is 26.3. The molecular weight excluding hydrogens is 437 g/mol. The molecule has 4 nitrogen and oxygen atoms in total. The van der Waals surface area contributed by atoms with Crippen LogP contribution in [-0.4, -0.2) is 29.0 Å². The number of Topliss-reactive ketones (excluding diaryl/α,β-unsaturated/α-hetero) is 1. The summed E-state index contributed by atoms with van der Waals surface area (Å²) >= 11 is 3.22. The standard InChI is InChI=1S/C20H14BrF3N2O2/c21-13-5-6-17-14(9-13)15(19(28)20(22,23)24)10-25(17)11-18(27)26-8-7-12-3-1-2-4-16(12)26/h1-6,9-10H,7-8,11H2. The highest BCUT2D eigenvalue weighted by Crippen LogP contribution is 2.32. The Morgan fingerprint density at radius 3 is 2.61 bits per heavy atom. The van der Waals surface area contributed by atoms with Crippen LogP contribution < -0.4 is 4.90 Å². The number of amides is 1. The minimum Gasteiger partial charge on any atom is -0.337 e. The molecule has 3 aromatic rings. The van der Waals surface area contributed by atoms with Crippen molar-refractivity contribution < 1.29 is 22.8 Å². The Balaban J connectivity index is 1.72. The molecule has 0 saturated heterocycles. The van der Waals surface area contributed by atoms with Crippen molar-refractivity contribution in [1.82, 2.24) is 4.57 Å². The maximum Gasteiger partial charge on any atom is 0.454 e. The molecule has 28 heavy (non-hydrogen) atoms. The van der Waals surface area contributed by atoms with Crippen LogP contribution in [0.25, 0.3) is 10.9 Å². The fourth-order valence-corrected chi connectivity index (χ4v) is 3.92. The van der Waals surface area contributed by atoms with Crippen LogP contribution in [0, 0.1) is 0 Å². The monoisotopic (exact) mass is 450 g/mol. The molecule has 0 spiro atoms. The van der Waals surface area contributed by atoms with Crippen molar-refractivity contribution in [2.45, 2.75) is 19.1 Å². The van der Waals surface area contributed by atoms with Gasteiger partial charge in [0.1, 0.15) is 6.54 Å². The maximum absolute atomic E-state index is 13.0. The lowest BCUT2D eigenvalue weighted by Crippen LogP contribution is -2.32. The number of rotatable bonds is 3. The fourth-order valence-electron chi connectivity index (χ4n) is 3.56. The van der Waals surface area contributed by atoms with Gasteiger partial charge in [-0.05, 0) is 36.2 Å². The second kappa shape index (κ2) is 6.77. The van der Waals surface area contributed by atoms with Gasteiger partial charge in [-0.3, -0.25) is 9.59 Å². The van der Waals surface area contributed by atoms with Gasteiger partial charge in [0.05, 0.1) is 5.56 Å². The largest absolute Gasteiger partial charge is 0.454 e. The minimum absolute atomic E-state index is 0.155. The first-order chi connectivity index (χ1) is 13.3. The van der Waals surface area contributed by atoms with E-state index >= 15 is 0 Å². The van der Waals surface area contributed by atoms with E-state index in [2.05, 4.69) is 15.9 Å². The highest BCUT2D eigenvalue weighted by atomic mass is 79.9. The van der Waals surface area contributed by atoms with Crippen molar-refractivity contribution >= 4 is 44.2 Å². The Kier molecular flexibility index (Phi) is 4.53. The summed E-state index contributed by atoms with van der Waals surface area (Å²) in [5.74, 6) is -2.16. The summed E-state index contributed by atoms with van der Waals surface area (Å²) < 4.78 is 41.0. The second-order valence-electron chi connectivity index (χ2n) is 6.58. The van der Waals surface area contributed by atoms with E-state index in [0.717, 1.165) is 23.9 Å². The quantitative estimate of drug-likeness (QED) is 0.541. The van der Waals surface area contributed by atoms with E-state index in [1.807, 2.05) is 24.3 Å². The molecule has 0 fully saturated rings. The zero-order valence-electron chi connectivity index (χ0n) is 14.5. The van der Waals surface area contributed by atoms with Crippen molar-refractivity contribution in [3.8, 4) is 0 Å². The summed E-state index contributed by atoms with van der Waals surface area (Å²) in [7, 11) is 0. The SMILES string of the molecule is O=C(Cn1cc(C(=O)C(F)(F)F)c2cc(Br)ccc21)N1CCc2ccccc21. The molecule has 0 radical (unpaired) electrons. The number of hydrogen-bond acceptors (Lipinski definition) is 2. The van der Waals surface area contributed by atoms with Gasteiger partial charge < -0.3 is 9.47 Å². The van der Waals surface area contributed by atoms with Crippen molar-refractivity contribution in [2.24, 2.45) is 0 Å². The number of carbonyl (C=O) groups excluding carboxylic acids is 2. The molecule has 1 aliphatic heterocycles. The Morgan fingerprint density at radius 1 is 1.11 bits per heavy atom. The number of anilines is 1. The predicted molar refractivity (Wildman–Crippen MR) is 103 cm³/mol. The molecule has 4 rings (SSSR count). The Labute approximate surface area is 166 Å². The fraction of sp³-hybridized carbons (Fsp3) is 0.200. The van der Waals surface area contributed by atoms with E-state index in [1.54, 1.807) is 17.0 Å². The predicted octanol–water partition coefficient (Wildman–Crippen LogP) is 4.74. The molecule has 0 unspecified atom stereocenters. The van der Waals surface area contributed by atoms with Crippen molar-refractivity contribution in [3.63, 3.8) is 0 Å². The van der Waals surface area contributed by atoms with Gasteiger partial charge in [0.2, 0.25) is 5.91 Å². The third kappa shape index (κ3) is 3.22. The van der Waals surface area contributed by atoms with Crippen LogP contribution in [-0.2, 0) is 17.8 Å². The molecule has 0 N–H and O–H groups in total. The van der Waals surface area contributed by atoms with Gasteiger partial charge in [0.25, 0.3) is 5.78 Å². The zero-order chi connectivity index (χ0) is 20.1. The highest BCUT2D eigenvalue weighted by molar-refractivity contribution is 9.10. The Morgan fingerprint density at radius 2 is 1.86 bits per heavy atom. The number of nitrogens with zero attached hydrogens (tertiary/aromatic N) is 2. The third-order valence-electron chi connectivity index (χ3n) is 4.84. The van der Waals surface area contributed by atoms with E-state index in [4.69, 9.17) is 0 Å². The van der Waals surface area contributed by atoms with E-state index < -0.39 is 17.5 Å². The number of halogens is 4. The van der Waals surface area contributed by atoms with Crippen LogP contribution in [0.3, 0.4) is 0 Å². The van der Waals surface area contributed by atoms with Gasteiger partial charge in [0.15, 0.2) is 0 Å². The van der Waals surface area contributed by atoms with Crippen molar-refractivity contribution in [2.75, 3.05) is 11.4 Å². The van der Waals surface area contributed by atoms with E-state index in [-0.39, 0.29) is 17.8 Å². The van der Waals surface area contributed by atoms with Gasteiger partial charge in [-0.1, -0.05) is 34.1 Å². The van der Waals surface area contributed by atoms with Gasteiger partial charge in [-0.25, -0.2) is 0 Å². The molecule has 1 aromatic heterocycles. The number of carbonyl (C=O) groups is 2. The lowest BCUT2D eigenvalue weighted by Gasteiger charge is -2.18. The third-order valence-corrected chi connectivity index (χ3v) is 5.33. The highest BCUT2D eigenvalue weighted by Gasteiger charge is 2.41. The molecule has 0 saturated carbocycles. The molecule has 8 heteroatoms. The first-order valence-corrected chi connectivity index (χ1v) is 9.33. The summed E-state index contributed by atoms with van der Waals surface area (Å²) in [6, 6.07) is 12.3. The lowest BCUT2D eigenvalue weighted by atomic mass is 10.1. The zero-order valence-corrected chi connectivity index (χ0v) is 16.0. The number of aromatic nitrogens is 1. The minimum atomic E-state index is -4.99. The smallest absolute Gasteiger partial charge is 0.337 e. The van der Waals surface area contributed by atoms with Crippen LogP contribution in [0.2, 0.25) is 0 Å². The van der Waals surface area contributed by atoms with Gasteiger partial charge in [-0.15, -0.1) is 0 Å². The second-order valence-corrected chi connectivity index (χ2v) is 7.50. The topological polar surface area (TPSA) is 42.3 Å². The van der Waals surface area contributed by atoms with Crippen LogP contribution in [0.5, 0.6) is 0 Å². The Hall–Kier alpha value is -2.61. The molecule has 2 aromatic carbocycles. The number of para-hydroxylation sites is 1. The van der Waals surface area contributed by atoms with Gasteiger partial charge >= 0.3 is 6.18 Å². The lowest BCUT2D eigenvalue weighted by molar-refractivity contribution is -0.119.